The zero-order valence-electron chi connectivity index (χ0n) is 17.6. The summed E-state index contributed by atoms with van der Waals surface area (Å²) in [6.45, 7) is 2.29. The Balaban J connectivity index is 1.08. The number of nitrogens with zero attached hydrogens (tertiary/aromatic N) is 1. The van der Waals surface area contributed by atoms with Gasteiger partial charge >= 0.3 is 0 Å². The summed E-state index contributed by atoms with van der Waals surface area (Å²) in [7, 11) is 0. The van der Waals surface area contributed by atoms with Gasteiger partial charge < -0.3 is 15.0 Å². The molecular weight excluding hydrogens is 376 g/mol. The molecule has 1 heterocycles. The van der Waals surface area contributed by atoms with E-state index in [0.717, 1.165) is 75.2 Å². The number of piperidine rings is 1. The minimum absolute atomic E-state index is 0.0241. The molecule has 3 aliphatic carbocycles. The van der Waals surface area contributed by atoms with Gasteiger partial charge in [0.05, 0.1) is 0 Å². The number of likely N-dealkylation sites (tertiary alicyclic amines) is 1. The van der Waals surface area contributed by atoms with Crippen molar-refractivity contribution in [2.45, 2.75) is 51.0 Å². The molecule has 5 nitrogen and oxygen atoms in total. The van der Waals surface area contributed by atoms with Crippen LogP contribution in [0.5, 0.6) is 5.75 Å². The Hall–Kier alpha value is -2.30. The van der Waals surface area contributed by atoms with Gasteiger partial charge in [0.15, 0.2) is 0 Å². The Bertz CT molecular complexity index is 823. The molecule has 3 fully saturated rings. The summed E-state index contributed by atoms with van der Waals surface area (Å²) in [5.41, 5.74) is 0.654. The number of benzene rings is 1. The number of carbonyl (C=O) groups is 2. The first kappa shape index (κ1) is 19.7. The molecule has 1 unspecified atom stereocenters. The molecule has 160 valence electrons. The third-order valence-electron chi connectivity index (χ3n) is 7.30. The normalized spacial score (nSPS) is 28.0. The molecule has 1 aliphatic heterocycles. The van der Waals surface area contributed by atoms with E-state index in [1.807, 2.05) is 29.2 Å². The van der Waals surface area contributed by atoms with Crippen LogP contribution in [0.1, 0.15) is 55.3 Å². The van der Waals surface area contributed by atoms with Gasteiger partial charge in [0, 0.05) is 44.0 Å². The quantitative estimate of drug-likeness (QED) is 0.698. The van der Waals surface area contributed by atoms with E-state index in [1.165, 1.54) is 12.8 Å². The molecule has 3 atom stereocenters. The van der Waals surface area contributed by atoms with Crippen molar-refractivity contribution in [1.29, 1.82) is 0 Å². The molecule has 1 saturated heterocycles. The van der Waals surface area contributed by atoms with Crippen LogP contribution in [0, 0.1) is 23.7 Å². The first-order valence-electron chi connectivity index (χ1n) is 11.7. The molecule has 1 N–H and O–H groups in total. The van der Waals surface area contributed by atoms with Crippen LogP contribution in [0.3, 0.4) is 0 Å². The lowest BCUT2D eigenvalue weighted by atomic mass is 9.90. The molecule has 0 aromatic heterocycles. The van der Waals surface area contributed by atoms with E-state index in [9.17, 15) is 9.59 Å². The Morgan fingerprint density at radius 3 is 2.60 bits per heavy atom. The van der Waals surface area contributed by atoms with Crippen molar-refractivity contribution in [2.75, 3.05) is 19.6 Å². The molecule has 0 spiro atoms. The molecular formula is C25H32N2O3. The lowest BCUT2D eigenvalue weighted by Crippen LogP contribution is -2.42. The molecule has 2 saturated carbocycles. The zero-order chi connectivity index (χ0) is 20.5. The van der Waals surface area contributed by atoms with Crippen LogP contribution in [0.15, 0.2) is 36.4 Å². The highest BCUT2D eigenvalue weighted by Crippen LogP contribution is 2.44. The van der Waals surface area contributed by atoms with Gasteiger partial charge in [0.1, 0.15) is 11.9 Å². The standard InChI is InChI=1S/C25H32N2O3/c28-24(26-11-8-20-15-17-4-5-19(20)14-17)21-2-1-3-23(16-21)30-22-9-12-27(13-10-22)25(29)18-6-7-18/h1-5,16-20,22H,6-15H2,(H,26,28)/t17-,19+,20?/m1/s1. The van der Waals surface area contributed by atoms with Crippen LogP contribution < -0.4 is 10.1 Å². The fourth-order valence-corrected chi connectivity index (χ4v) is 5.39. The molecule has 2 amide bonds. The van der Waals surface area contributed by atoms with Crippen LogP contribution in [-0.2, 0) is 4.79 Å². The van der Waals surface area contributed by atoms with Gasteiger partial charge in [0.25, 0.3) is 5.91 Å². The van der Waals surface area contributed by atoms with Crippen LogP contribution in [0.25, 0.3) is 0 Å². The number of carbonyl (C=O) groups excluding carboxylic acids is 2. The van der Waals surface area contributed by atoms with Gasteiger partial charge in [-0.1, -0.05) is 18.2 Å². The minimum Gasteiger partial charge on any atom is -0.490 e. The van der Waals surface area contributed by atoms with E-state index in [1.54, 1.807) is 0 Å². The Morgan fingerprint density at radius 2 is 1.90 bits per heavy atom. The van der Waals surface area contributed by atoms with Crippen molar-refractivity contribution >= 4 is 11.8 Å². The van der Waals surface area contributed by atoms with Gasteiger partial charge in [-0.25, -0.2) is 0 Å². The Kier molecular flexibility index (Phi) is 5.53. The van der Waals surface area contributed by atoms with E-state index in [4.69, 9.17) is 4.74 Å². The average Bonchev–Trinajstić information content (AvgIpc) is 3.41. The topological polar surface area (TPSA) is 58.6 Å². The summed E-state index contributed by atoms with van der Waals surface area (Å²) >= 11 is 0. The third kappa shape index (κ3) is 4.40. The summed E-state index contributed by atoms with van der Waals surface area (Å²) < 4.78 is 6.14. The number of amides is 2. The van der Waals surface area contributed by atoms with E-state index in [2.05, 4.69) is 17.5 Å². The number of ether oxygens (including phenoxy) is 1. The first-order valence-corrected chi connectivity index (χ1v) is 11.7. The van der Waals surface area contributed by atoms with Crippen LogP contribution in [-0.4, -0.2) is 42.5 Å². The summed E-state index contributed by atoms with van der Waals surface area (Å²) in [6, 6.07) is 7.49. The van der Waals surface area contributed by atoms with Gasteiger partial charge in [-0.2, -0.15) is 0 Å². The molecule has 4 aliphatic rings. The highest BCUT2D eigenvalue weighted by molar-refractivity contribution is 5.94. The fourth-order valence-electron chi connectivity index (χ4n) is 5.39. The smallest absolute Gasteiger partial charge is 0.251 e. The van der Waals surface area contributed by atoms with E-state index < -0.39 is 0 Å². The predicted octanol–water partition coefficient (Wildman–Crippen LogP) is 3.80. The lowest BCUT2D eigenvalue weighted by Gasteiger charge is -2.32. The van der Waals surface area contributed by atoms with Crippen molar-refractivity contribution in [2.24, 2.45) is 23.7 Å². The maximum absolute atomic E-state index is 12.6. The minimum atomic E-state index is -0.0241. The first-order chi connectivity index (χ1) is 14.7. The van der Waals surface area contributed by atoms with E-state index in [-0.39, 0.29) is 17.9 Å². The van der Waals surface area contributed by atoms with Crippen molar-refractivity contribution in [1.82, 2.24) is 10.2 Å². The number of fused-ring (bicyclic) bond motifs is 2. The molecule has 5 heteroatoms. The molecule has 1 aromatic carbocycles. The summed E-state index contributed by atoms with van der Waals surface area (Å²) in [6.07, 6.45) is 12.3. The molecule has 1 aromatic rings. The van der Waals surface area contributed by atoms with Gasteiger partial charge in [-0.05, 0) is 68.1 Å². The molecule has 2 bridgehead atoms. The van der Waals surface area contributed by atoms with Crippen molar-refractivity contribution < 1.29 is 14.3 Å². The summed E-state index contributed by atoms with van der Waals surface area (Å²) in [4.78, 5) is 26.8. The predicted molar refractivity (Wildman–Crippen MR) is 115 cm³/mol. The molecule has 30 heavy (non-hydrogen) atoms. The van der Waals surface area contributed by atoms with Crippen LogP contribution >= 0.6 is 0 Å². The average molecular weight is 409 g/mol. The number of allylic oxidation sites excluding steroid dienone is 2. The summed E-state index contributed by atoms with van der Waals surface area (Å²) in [5, 5.41) is 3.09. The van der Waals surface area contributed by atoms with E-state index >= 15 is 0 Å². The second-order valence-corrected chi connectivity index (χ2v) is 9.53. The third-order valence-corrected chi connectivity index (χ3v) is 7.30. The maximum atomic E-state index is 12.6. The number of hydrogen-bond acceptors (Lipinski definition) is 3. The zero-order valence-corrected chi connectivity index (χ0v) is 17.6. The Morgan fingerprint density at radius 1 is 1.07 bits per heavy atom. The summed E-state index contributed by atoms with van der Waals surface area (Å²) in [5.74, 6) is 3.58. The Labute approximate surface area is 178 Å². The van der Waals surface area contributed by atoms with Crippen molar-refractivity contribution in [3.8, 4) is 5.75 Å². The number of nitrogens with one attached hydrogen (secondary N) is 1. The number of rotatable bonds is 7. The SMILES string of the molecule is O=C(NCCC1C[C@@H]2C=C[C@H]1C2)c1cccc(OC2CCN(C(=O)C3CC3)CC2)c1. The monoisotopic (exact) mass is 408 g/mol. The largest absolute Gasteiger partial charge is 0.490 e. The van der Waals surface area contributed by atoms with Gasteiger partial charge in [-0.3, -0.25) is 9.59 Å². The second-order valence-electron chi connectivity index (χ2n) is 9.53. The highest BCUT2D eigenvalue weighted by atomic mass is 16.5. The van der Waals surface area contributed by atoms with E-state index in [0.29, 0.717) is 11.5 Å². The second kappa shape index (κ2) is 8.44. The maximum Gasteiger partial charge on any atom is 0.251 e. The highest BCUT2D eigenvalue weighted by Gasteiger charge is 2.36. The van der Waals surface area contributed by atoms with Crippen LogP contribution in [0.2, 0.25) is 0 Å². The molecule has 0 radical (unpaired) electrons. The van der Waals surface area contributed by atoms with Crippen LogP contribution in [0.4, 0.5) is 0 Å². The number of hydrogen-bond donors (Lipinski definition) is 1. The van der Waals surface area contributed by atoms with Gasteiger partial charge in [-0.15, -0.1) is 0 Å². The lowest BCUT2D eigenvalue weighted by molar-refractivity contribution is -0.134. The molecule has 5 rings (SSSR count). The van der Waals surface area contributed by atoms with Crippen molar-refractivity contribution in [3.05, 3.63) is 42.0 Å². The van der Waals surface area contributed by atoms with Gasteiger partial charge in [0.2, 0.25) is 5.91 Å². The fraction of sp³-hybridized carbons (Fsp3) is 0.600. The van der Waals surface area contributed by atoms with Crippen molar-refractivity contribution in [3.63, 3.8) is 0 Å².